The second-order valence-corrected chi connectivity index (χ2v) is 7.73. The normalized spacial score (nSPS) is 17.5. The van der Waals surface area contributed by atoms with Crippen molar-refractivity contribution in [2.24, 2.45) is 17.6 Å². The molecule has 0 aliphatic heterocycles. The van der Waals surface area contributed by atoms with Crippen molar-refractivity contribution in [1.29, 1.82) is 0 Å². The van der Waals surface area contributed by atoms with Gasteiger partial charge in [-0.2, -0.15) is 0 Å². The third-order valence-electron chi connectivity index (χ3n) is 5.42. The molecule has 5 nitrogen and oxygen atoms in total. The highest BCUT2D eigenvalue weighted by molar-refractivity contribution is 6.32. The van der Waals surface area contributed by atoms with Crippen LogP contribution < -0.4 is 11.1 Å². The number of pyridine rings is 1. The average molecular weight is 355 g/mol. The summed E-state index contributed by atoms with van der Waals surface area (Å²) in [6, 6.07) is 6.17. The number of nitrogens with zero attached hydrogens (tertiary/aromatic N) is 1. The number of amides is 1. The molecule has 4 N–H and O–H groups in total. The van der Waals surface area contributed by atoms with Crippen molar-refractivity contribution in [2.75, 3.05) is 5.32 Å². The lowest BCUT2D eigenvalue weighted by atomic mass is 10.1. The van der Waals surface area contributed by atoms with E-state index in [-0.39, 0.29) is 0 Å². The van der Waals surface area contributed by atoms with Gasteiger partial charge >= 0.3 is 0 Å². The van der Waals surface area contributed by atoms with E-state index in [1.807, 2.05) is 18.2 Å². The molecular weight excluding hydrogens is 336 g/mol. The summed E-state index contributed by atoms with van der Waals surface area (Å²) in [5, 5.41) is 6.27. The molecule has 2 aromatic heterocycles. The minimum Gasteiger partial charge on any atom is -0.366 e. The quantitative estimate of drug-likeness (QED) is 0.645. The highest BCUT2D eigenvalue weighted by Crippen LogP contribution is 2.46. The van der Waals surface area contributed by atoms with E-state index < -0.39 is 5.91 Å². The second kappa shape index (κ2) is 5.36. The fourth-order valence-electron chi connectivity index (χ4n) is 3.86. The lowest BCUT2D eigenvalue weighted by Gasteiger charge is -2.19. The summed E-state index contributed by atoms with van der Waals surface area (Å²) in [6.45, 7) is 0. The van der Waals surface area contributed by atoms with Gasteiger partial charge in [-0.05, 0) is 49.7 Å². The molecule has 6 heteroatoms. The van der Waals surface area contributed by atoms with Gasteiger partial charge < -0.3 is 16.0 Å². The molecule has 0 bridgehead atoms. The zero-order valence-corrected chi connectivity index (χ0v) is 14.4. The van der Waals surface area contributed by atoms with Crippen LogP contribution in [0.15, 0.2) is 24.4 Å². The van der Waals surface area contributed by atoms with Gasteiger partial charge in [-0.25, -0.2) is 4.98 Å². The molecule has 25 heavy (non-hydrogen) atoms. The third kappa shape index (κ3) is 2.54. The van der Waals surface area contributed by atoms with Crippen molar-refractivity contribution in [3.05, 3.63) is 35.0 Å². The molecule has 2 fully saturated rings. The maximum atomic E-state index is 11.8. The van der Waals surface area contributed by atoms with E-state index in [0.29, 0.717) is 16.6 Å². The molecule has 2 heterocycles. The van der Waals surface area contributed by atoms with Gasteiger partial charge in [0.15, 0.2) is 0 Å². The van der Waals surface area contributed by atoms with Crippen molar-refractivity contribution in [1.82, 2.24) is 9.97 Å². The Hall–Kier alpha value is -2.27. The van der Waals surface area contributed by atoms with Crippen molar-refractivity contribution in [2.45, 2.75) is 31.7 Å². The Balaban J connectivity index is 1.71. The molecule has 3 aromatic rings. The number of hydrogen-bond acceptors (Lipinski definition) is 3. The van der Waals surface area contributed by atoms with Crippen LogP contribution >= 0.6 is 11.6 Å². The topological polar surface area (TPSA) is 83.8 Å². The van der Waals surface area contributed by atoms with Crippen LogP contribution in [0.2, 0.25) is 5.02 Å². The van der Waals surface area contributed by atoms with Gasteiger partial charge in [-0.3, -0.25) is 4.79 Å². The first kappa shape index (κ1) is 15.0. The monoisotopic (exact) mass is 354 g/mol. The molecular formula is C19H19ClN4O. The maximum Gasteiger partial charge on any atom is 0.252 e. The molecule has 2 aliphatic rings. The lowest BCUT2D eigenvalue weighted by Crippen LogP contribution is -2.25. The molecule has 1 amide bonds. The van der Waals surface area contributed by atoms with Gasteiger partial charge in [-0.15, -0.1) is 0 Å². The predicted octanol–water partition coefficient (Wildman–Crippen LogP) is 4.07. The van der Waals surface area contributed by atoms with Gasteiger partial charge in [0.25, 0.3) is 5.91 Å². The number of H-pyrrole nitrogens is 1. The van der Waals surface area contributed by atoms with Crippen LogP contribution in [0.4, 0.5) is 5.82 Å². The Kier molecular flexibility index (Phi) is 3.22. The minimum absolute atomic E-state index is 0.405. The zero-order chi connectivity index (χ0) is 17.1. The molecule has 5 rings (SSSR count). The smallest absolute Gasteiger partial charge is 0.252 e. The predicted molar refractivity (Wildman–Crippen MR) is 100.0 cm³/mol. The zero-order valence-electron chi connectivity index (χ0n) is 13.7. The van der Waals surface area contributed by atoms with Crippen LogP contribution in [-0.4, -0.2) is 21.9 Å². The summed E-state index contributed by atoms with van der Waals surface area (Å²) in [5.41, 5.74) is 7.57. The number of fused-ring (bicyclic) bond motifs is 3. The molecule has 0 atom stereocenters. The van der Waals surface area contributed by atoms with Crippen LogP contribution in [0.5, 0.6) is 0 Å². The van der Waals surface area contributed by atoms with Gasteiger partial charge in [0.05, 0.1) is 16.5 Å². The minimum atomic E-state index is -0.484. The number of nitrogens with one attached hydrogen (secondary N) is 2. The summed E-state index contributed by atoms with van der Waals surface area (Å²) in [7, 11) is 0. The van der Waals surface area contributed by atoms with E-state index in [1.54, 1.807) is 6.20 Å². The van der Waals surface area contributed by atoms with E-state index in [2.05, 4.69) is 15.3 Å². The first-order valence-electron chi connectivity index (χ1n) is 8.78. The summed E-state index contributed by atoms with van der Waals surface area (Å²) < 4.78 is 0. The van der Waals surface area contributed by atoms with Crippen molar-refractivity contribution in [3.63, 3.8) is 0 Å². The average Bonchev–Trinajstić information content (AvgIpc) is 3.48. The van der Waals surface area contributed by atoms with E-state index >= 15 is 0 Å². The number of halogens is 1. The number of aromatic amines is 1. The lowest BCUT2D eigenvalue weighted by molar-refractivity contribution is 0.100. The molecule has 2 aliphatic carbocycles. The van der Waals surface area contributed by atoms with Crippen molar-refractivity contribution >= 4 is 45.1 Å². The SMILES string of the molecule is NC(=O)c1cnc(NC(C2CC2)C2CC2)c2c1[nH]c1cc(Cl)ccc12. The number of nitrogens with two attached hydrogens (primary N) is 1. The Morgan fingerprint density at radius 2 is 2.00 bits per heavy atom. The summed E-state index contributed by atoms with van der Waals surface area (Å²) in [6.07, 6.45) is 6.74. The maximum absolute atomic E-state index is 11.8. The number of rotatable bonds is 5. The van der Waals surface area contributed by atoms with Crippen LogP contribution in [0, 0.1) is 11.8 Å². The Labute approximate surface area is 149 Å². The van der Waals surface area contributed by atoms with Crippen LogP contribution in [0.25, 0.3) is 21.8 Å². The number of anilines is 1. The number of primary amides is 1. The number of hydrogen-bond donors (Lipinski definition) is 3. The highest BCUT2D eigenvalue weighted by atomic mass is 35.5. The number of carbonyl (C=O) groups excluding carboxylic acids is 1. The van der Waals surface area contributed by atoms with Gasteiger partial charge in [0.1, 0.15) is 5.82 Å². The Morgan fingerprint density at radius 3 is 2.64 bits per heavy atom. The van der Waals surface area contributed by atoms with E-state index in [9.17, 15) is 4.79 Å². The Bertz CT molecular complexity index is 991. The van der Waals surface area contributed by atoms with Crippen LogP contribution in [0.3, 0.4) is 0 Å². The standard InChI is InChI=1S/C19H19ClN4O/c20-11-5-6-12-14(7-11)23-17-13(18(21)25)8-22-19(15(12)17)24-16(9-1-2-9)10-3-4-10/h5-10,16,23H,1-4H2,(H2,21,25)(H,22,24). The summed E-state index contributed by atoms with van der Waals surface area (Å²) in [4.78, 5) is 19.7. The van der Waals surface area contributed by atoms with Gasteiger partial charge in [0, 0.05) is 28.2 Å². The van der Waals surface area contributed by atoms with Crippen LogP contribution in [0.1, 0.15) is 36.0 Å². The van der Waals surface area contributed by atoms with Crippen molar-refractivity contribution < 1.29 is 4.79 Å². The fraction of sp³-hybridized carbons (Fsp3) is 0.368. The van der Waals surface area contributed by atoms with Crippen molar-refractivity contribution in [3.8, 4) is 0 Å². The van der Waals surface area contributed by atoms with Gasteiger partial charge in [-0.1, -0.05) is 17.7 Å². The van der Waals surface area contributed by atoms with E-state index in [1.165, 1.54) is 25.7 Å². The van der Waals surface area contributed by atoms with Crippen LogP contribution in [-0.2, 0) is 0 Å². The van der Waals surface area contributed by atoms with E-state index in [0.717, 1.165) is 39.5 Å². The van der Waals surface area contributed by atoms with Gasteiger partial charge in [0.2, 0.25) is 0 Å². The fourth-order valence-corrected chi connectivity index (χ4v) is 4.03. The first-order chi connectivity index (χ1) is 12.1. The summed E-state index contributed by atoms with van der Waals surface area (Å²) in [5.74, 6) is 1.85. The second-order valence-electron chi connectivity index (χ2n) is 7.29. The molecule has 128 valence electrons. The highest BCUT2D eigenvalue weighted by Gasteiger charge is 2.41. The molecule has 0 unspecified atom stereocenters. The number of carbonyl (C=O) groups is 1. The molecule has 0 radical (unpaired) electrons. The Morgan fingerprint density at radius 1 is 1.28 bits per heavy atom. The summed E-state index contributed by atoms with van der Waals surface area (Å²) >= 11 is 6.13. The number of aromatic nitrogens is 2. The first-order valence-corrected chi connectivity index (χ1v) is 9.16. The molecule has 2 saturated carbocycles. The largest absolute Gasteiger partial charge is 0.366 e. The number of benzene rings is 1. The molecule has 0 spiro atoms. The van der Waals surface area contributed by atoms with E-state index in [4.69, 9.17) is 17.3 Å². The third-order valence-corrected chi connectivity index (χ3v) is 5.65. The molecule has 1 aromatic carbocycles. The molecule has 0 saturated heterocycles.